The largest absolute Gasteiger partial charge is 0.491 e. The van der Waals surface area contributed by atoms with Crippen LogP contribution in [0.25, 0.3) is 5.69 Å². The standard InChI is InChI=1S/C12H14N2O/c1-10(2)15-12-6-4-11(5-7-12)14-9-3-8-13-14/h3-10H,1-2H3. The van der Waals surface area contributed by atoms with Crippen LogP contribution in [0, 0.1) is 0 Å². The smallest absolute Gasteiger partial charge is 0.119 e. The summed E-state index contributed by atoms with van der Waals surface area (Å²) in [5.41, 5.74) is 1.04. The average Bonchev–Trinajstić information content (AvgIpc) is 2.71. The van der Waals surface area contributed by atoms with Crippen LogP contribution in [0.15, 0.2) is 42.7 Å². The Morgan fingerprint density at radius 1 is 1.20 bits per heavy atom. The molecule has 3 heteroatoms. The average molecular weight is 202 g/mol. The summed E-state index contributed by atoms with van der Waals surface area (Å²) in [6.07, 6.45) is 3.89. The monoisotopic (exact) mass is 202 g/mol. The van der Waals surface area contributed by atoms with Gasteiger partial charge in [-0.3, -0.25) is 0 Å². The molecule has 1 heterocycles. The lowest BCUT2D eigenvalue weighted by atomic mass is 10.3. The number of rotatable bonds is 3. The molecule has 0 saturated heterocycles. The maximum absolute atomic E-state index is 5.56. The Kier molecular flexibility index (Phi) is 2.72. The molecule has 0 aliphatic rings. The Morgan fingerprint density at radius 3 is 2.47 bits per heavy atom. The third-order valence-electron chi connectivity index (χ3n) is 1.98. The van der Waals surface area contributed by atoms with E-state index in [1.165, 1.54) is 0 Å². The molecule has 1 aromatic carbocycles. The van der Waals surface area contributed by atoms with Crippen molar-refractivity contribution >= 4 is 0 Å². The molecule has 0 amide bonds. The summed E-state index contributed by atoms with van der Waals surface area (Å²) in [5, 5.41) is 4.15. The Morgan fingerprint density at radius 2 is 1.93 bits per heavy atom. The van der Waals surface area contributed by atoms with Crippen LogP contribution < -0.4 is 4.74 Å². The lowest BCUT2D eigenvalue weighted by molar-refractivity contribution is 0.242. The lowest BCUT2D eigenvalue weighted by Crippen LogP contribution is -2.05. The van der Waals surface area contributed by atoms with E-state index in [4.69, 9.17) is 4.74 Å². The second kappa shape index (κ2) is 4.17. The molecule has 0 atom stereocenters. The van der Waals surface area contributed by atoms with Gasteiger partial charge in [0.25, 0.3) is 0 Å². The van der Waals surface area contributed by atoms with Crippen molar-refractivity contribution in [3.05, 3.63) is 42.7 Å². The van der Waals surface area contributed by atoms with Gasteiger partial charge in [0.2, 0.25) is 0 Å². The van der Waals surface area contributed by atoms with Crippen molar-refractivity contribution in [2.75, 3.05) is 0 Å². The van der Waals surface area contributed by atoms with Crippen LogP contribution in [-0.4, -0.2) is 15.9 Å². The SMILES string of the molecule is CC(C)Oc1ccc(-n2cccn2)cc1. The predicted octanol–water partition coefficient (Wildman–Crippen LogP) is 2.66. The molecule has 3 nitrogen and oxygen atoms in total. The van der Waals surface area contributed by atoms with E-state index in [1.807, 2.05) is 55.1 Å². The molecule has 78 valence electrons. The van der Waals surface area contributed by atoms with Gasteiger partial charge in [-0.2, -0.15) is 5.10 Å². The van der Waals surface area contributed by atoms with Gasteiger partial charge < -0.3 is 4.74 Å². The van der Waals surface area contributed by atoms with E-state index in [-0.39, 0.29) is 6.10 Å². The van der Waals surface area contributed by atoms with Gasteiger partial charge in [-0.05, 0) is 44.2 Å². The fraction of sp³-hybridized carbons (Fsp3) is 0.250. The molecule has 0 unspecified atom stereocenters. The first kappa shape index (κ1) is 9.77. The molecule has 0 radical (unpaired) electrons. The van der Waals surface area contributed by atoms with Crippen molar-refractivity contribution in [1.29, 1.82) is 0 Å². The molecule has 0 aliphatic carbocycles. The Bertz CT molecular complexity index is 404. The summed E-state index contributed by atoms with van der Waals surface area (Å²) >= 11 is 0. The zero-order valence-corrected chi connectivity index (χ0v) is 8.92. The van der Waals surface area contributed by atoms with Crippen molar-refractivity contribution < 1.29 is 4.74 Å². The van der Waals surface area contributed by atoms with Crippen molar-refractivity contribution in [3.8, 4) is 11.4 Å². The number of benzene rings is 1. The van der Waals surface area contributed by atoms with Gasteiger partial charge in [0.05, 0.1) is 11.8 Å². The van der Waals surface area contributed by atoms with Gasteiger partial charge >= 0.3 is 0 Å². The predicted molar refractivity (Wildman–Crippen MR) is 59.3 cm³/mol. The molecule has 0 aliphatic heterocycles. The summed E-state index contributed by atoms with van der Waals surface area (Å²) in [5.74, 6) is 0.890. The minimum atomic E-state index is 0.209. The third-order valence-corrected chi connectivity index (χ3v) is 1.98. The van der Waals surface area contributed by atoms with Gasteiger partial charge in [0.1, 0.15) is 5.75 Å². The fourth-order valence-corrected chi connectivity index (χ4v) is 1.37. The van der Waals surface area contributed by atoms with Gasteiger partial charge in [-0.25, -0.2) is 4.68 Å². The summed E-state index contributed by atoms with van der Waals surface area (Å²) < 4.78 is 7.38. The Labute approximate surface area is 89.3 Å². The molecule has 0 fully saturated rings. The van der Waals surface area contributed by atoms with Gasteiger partial charge in [-0.1, -0.05) is 0 Å². The van der Waals surface area contributed by atoms with Crippen LogP contribution in [0.5, 0.6) is 5.75 Å². The number of hydrogen-bond acceptors (Lipinski definition) is 2. The molecule has 15 heavy (non-hydrogen) atoms. The minimum absolute atomic E-state index is 0.209. The van der Waals surface area contributed by atoms with Crippen molar-refractivity contribution in [1.82, 2.24) is 9.78 Å². The van der Waals surface area contributed by atoms with Crippen LogP contribution in [-0.2, 0) is 0 Å². The highest BCUT2D eigenvalue weighted by Crippen LogP contribution is 2.15. The third kappa shape index (κ3) is 2.37. The minimum Gasteiger partial charge on any atom is -0.491 e. The highest BCUT2D eigenvalue weighted by atomic mass is 16.5. The molecular weight excluding hydrogens is 188 g/mol. The first-order chi connectivity index (χ1) is 7.25. The molecule has 0 saturated carbocycles. The first-order valence-corrected chi connectivity index (χ1v) is 5.02. The van der Waals surface area contributed by atoms with E-state index >= 15 is 0 Å². The van der Waals surface area contributed by atoms with E-state index in [0.29, 0.717) is 0 Å². The lowest BCUT2D eigenvalue weighted by Gasteiger charge is -2.09. The van der Waals surface area contributed by atoms with Crippen molar-refractivity contribution in [2.24, 2.45) is 0 Å². The Hall–Kier alpha value is -1.77. The van der Waals surface area contributed by atoms with E-state index in [9.17, 15) is 0 Å². The second-order valence-electron chi connectivity index (χ2n) is 3.61. The molecule has 2 aromatic rings. The zero-order chi connectivity index (χ0) is 10.7. The molecule has 2 rings (SSSR count). The maximum Gasteiger partial charge on any atom is 0.119 e. The molecule has 0 bridgehead atoms. The molecule has 1 aromatic heterocycles. The van der Waals surface area contributed by atoms with Gasteiger partial charge in [0.15, 0.2) is 0 Å². The number of aromatic nitrogens is 2. The summed E-state index contributed by atoms with van der Waals surface area (Å²) in [4.78, 5) is 0. The van der Waals surface area contributed by atoms with Crippen molar-refractivity contribution in [3.63, 3.8) is 0 Å². The summed E-state index contributed by atoms with van der Waals surface area (Å²) in [6, 6.07) is 9.79. The van der Waals surface area contributed by atoms with Crippen LogP contribution >= 0.6 is 0 Å². The van der Waals surface area contributed by atoms with E-state index in [0.717, 1.165) is 11.4 Å². The van der Waals surface area contributed by atoms with Crippen LogP contribution in [0.2, 0.25) is 0 Å². The number of hydrogen-bond donors (Lipinski definition) is 0. The summed E-state index contributed by atoms with van der Waals surface area (Å²) in [6.45, 7) is 4.03. The van der Waals surface area contributed by atoms with Crippen molar-refractivity contribution in [2.45, 2.75) is 20.0 Å². The molecule has 0 spiro atoms. The van der Waals surface area contributed by atoms with E-state index in [1.54, 1.807) is 6.20 Å². The fourth-order valence-electron chi connectivity index (χ4n) is 1.37. The summed E-state index contributed by atoms with van der Waals surface area (Å²) in [7, 11) is 0. The zero-order valence-electron chi connectivity index (χ0n) is 8.92. The van der Waals surface area contributed by atoms with Gasteiger partial charge in [0, 0.05) is 12.4 Å². The number of nitrogens with zero attached hydrogens (tertiary/aromatic N) is 2. The molecular formula is C12H14N2O. The second-order valence-corrected chi connectivity index (χ2v) is 3.61. The normalized spacial score (nSPS) is 10.6. The quantitative estimate of drug-likeness (QED) is 0.765. The Balaban J connectivity index is 2.17. The first-order valence-electron chi connectivity index (χ1n) is 5.02. The van der Waals surface area contributed by atoms with Gasteiger partial charge in [-0.15, -0.1) is 0 Å². The van der Waals surface area contributed by atoms with Crippen LogP contribution in [0.1, 0.15) is 13.8 Å². The van der Waals surface area contributed by atoms with E-state index in [2.05, 4.69) is 5.10 Å². The highest BCUT2D eigenvalue weighted by molar-refractivity contribution is 5.36. The highest BCUT2D eigenvalue weighted by Gasteiger charge is 1.99. The van der Waals surface area contributed by atoms with E-state index < -0.39 is 0 Å². The van der Waals surface area contributed by atoms with Crippen LogP contribution in [0.3, 0.4) is 0 Å². The van der Waals surface area contributed by atoms with Crippen LogP contribution in [0.4, 0.5) is 0 Å². The molecule has 0 N–H and O–H groups in total. The number of ether oxygens (including phenoxy) is 1. The topological polar surface area (TPSA) is 27.1 Å². The maximum atomic E-state index is 5.56.